The van der Waals surface area contributed by atoms with Gasteiger partial charge in [0.1, 0.15) is 0 Å². The van der Waals surface area contributed by atoms with E-state index in [9.17, 15) is 0 Å². The molecule has 1 fully saturated rings. The summed E-state index contributed by atoms with van der Waals surface area (Å²) in [4.78, 5) is 0. The molecule has 1 rings (SSSR count). The van der Waals surface area contributed by atoms with Gasteiger partial charge < -0.3 is 5.32 Å². The van der Waals surface area contributed by atoms with Crippen LogP contribution >= 0.6 is 0 Å². The summed E-state index contributed by atoms with van der Waals surface area (Å²) in [6, 6.07) is 0.640. The molecule has 0 aromatic heterocycles. The summed E-state index contributed by atoms with van der Waals surface area (Å²) in [5.74, 6) is 2.85. The van der Waals surface area contributed by atoms with Crippen molar-refractivity contribution in [1.29, 1.82) is 0 Å². The van der Waals surface area contributed by atoms with E-state index >= 15 is 0 Å². The summed E-state index contributed by atoms with van der Waals surface area (Å²) in [5.41, 5.74) is 0. The zero-order valence-electron chi connectivity index (χ0n) is 11.8. The normalized spacial score (nSPS) is 21.6. The first-order valence-electron chi connectivity index (χ1n) is 7.36. The molecule has 0 spiro atoms. The van der Waals surface area contributed by atoms with Crippen molar-refractivity contribution >= 4 is 0 Å². The Morgan fingerprint density at radius 3 is 2.25 bits per heavy atom. The van der Waals surface area contributed by atoms with Crippen LogP contribution in [0.2, 0.25) is 0 Å². The second-order valence-electron chi connectivity index (χ2n) is 6.12. The molecule has 16 heavy (non-hydrogen) atoms. The van der Waals surface area contributed by atoms with E-state index in [1.165, 1.54) is 45.1 Å². The average molecular weight is 225 g/mol. The van der Waals surface area contributed by atoms with Gasteiger partial charge in [0.2, 0.25) is 0 Å². The largest absolute Gasteiger partial charge is 0.314 e. The first-order chi connectivity index (χ1) is 7.63. The Morgan fingerprint density at radius 2 is 1.75 bits per heavy atom. The lowest BCUT2D eigenvalue weighted by atomic mass is 9.83. The number of hydrogen-bond acceptors (Lipinski definition) is 1. The fraction of sp³-hybridized carbons (Fsp3) is 1.00. The molecule has 1 aliphatic rings. The minimum absolute atomic E-state index is 0.640. The van der Waals surface area contributed by atoms with Gasteiger partial charge in [0.25, 0.3) is 0 Å². The fourth-order valence-electron chi connectivity index (χ4n) is 2.94. The van der Waals surface area contributed by atoms with Crippen LogP contribution in [0.4, 0.5) is 0 Å². The topological polar surface area (TPSA) is 12.0 Å². The SMILES string of the molecule is CCC(C)CC(CNC(C)C)C1CCCC1. The van der Waals surface area contributed by atoms with Gasteiger partial charge >= 0.3 is 0 Å². The van der Waals surface area contributed by atoms with Crippen LogP contribution in [0.5, 0.6) is 0 Å². The van der Waals surface area contributed by atoms with E-state index in [1.807, 2.05) is 0 Å². The van der Waals surface area contributed by atoms with Crippen molar-refractivity contribution in [2.75, 3.05) is 6.54 Å². The van der Waals surface area contributed by atoms with Gasteiger partial charge in [-0.3, -0.25) is 0 Å². The monoisotopic (exact) mass is 225 g/mol. The minimum atomic E-state index is 0.640. The van der Waals surface area contributed by atoms with Gasteiger partial charge in [0.15, 0.2) is 0 Å². The van der Waals surface area contributed by atoms with Gasteiger partial charge in [0, 0.05) is 6.04 Å². The molecule has 1 heteroatoms. The predicted octanol–water partition coefficient (Wildman–Crippen LogP) is 4.23. The maximum atomic E-state index is 3.65. The van der Waals surface area contributed by atoms with Gasteiger partial charge in [-0.2, -0.15) is 0 Å². The highest BCUT2D eigenvalue weighted by molar-refractivity contribution is 4.78. The molecule has 2 atom stereocenters. The van der Waals surface area contributed by atoms with Gasteiger partial charge in [-0.25, -0.2) is 0 Å². The fourth-order valence-corrected chi connectivity index (χ4v) is 2.94. The number of hydrogen-bond donors (Lipinski definition) is 1. The zero-order valence-corrected chi connectivity index (χ0v) is 11.8. The molecule has 0 bridgehead atoms. The number of rotatable bonds is 7. The first-order valence-corrected chi connectivity index (χ1v) is 7.36. The van der Waals surface area contributed by atoms with E-state index in [1.54, 1.807) is 0 Å². The lowest BCUT2D eigenvalue weighted by Crippen LogP contribution is -2.32. The Kier molecular flexibility index (Phi) is 6.41. The molecule has 0 amide bonds. The second kappa shape index (κ2) is 7.32. The van der Waals surface area contributed by atoms with Gasteiger partial charge in [-0.05, 0) is 30.7 Å². The third-order valence-corrected chi connectivity index (χ3v) is 4.26. The molecule has 1 N–H and O–H groups in total. The van der Waals surface area contributed by atoms with E-state index in [-0.39, 0.29) is 0 Å². The Morgan fingerprint density at radius 1 is 1.12 bits per heavy atom. The smallest absolute Gasteiger partial charge is 0.00104 e. The highest BCUT2D eigenvalue weighted by Crippen LogP contribution is 2.34. The van der Waals surface area contributed by atoms with Crippen molar-refractivity contribution in [3.05, 3.63) is 0 Å². The molecule has 0 aromatic carbocycles. The van der Waals surface area contributed by atoms with Crippen LogP contribution in [0.15, 0.2) is 0 Å². The second-order valence-corrected chi connectivity index (χ2v) is 6.12. The average Bonchev–Trinajstić information content (AvgIpc) is 2.76. The van der Waals surface area contributed by atoms with Crippen LogP contribution in [-0.2, 0) is 0 Å². The van der Waals surface area contributed by atoms with Crippen LogP contribution in [0.3, 0.4) is 0 Å². The van der Waals surface area contributed by atoms with E-state index in [0.29, 0.717) is 6.04 Å². The lowest BCUT2D eigenvalue weighted by molar-refractivity contribution is 0.259. The third-order valence-electron chi connectivity index (χ3n) is 4.26. The highest BCUT2D eigenvalue weighted by Gasteiger charge is 2.25. The van der Waals surface area contributed by atoms with Gasteiger partial charge in [-0.1, -0.05) is 59.8 Å². The maximum absolute atomic E-state index is 3.65. The van der Waals surface area contributed by atoms with E-state index in [2.05, 4.69) is 33.0 Å². The molecule has 0 aromatic rings. The van der Waals surface area contributed by atoms with Crippen molar-refractivity contribution in [2.45, 2.75) is 72.3 Å². The van der Waals surface area contributed by atoms with Crippen LogP contribution in [0, 0.1) is 17.8 Å². The molecule has 0 saturated heterocycles. The van der Waals surface area contributed by atoms with Crippen LogP contribution in [0.1, 0.15) is 66.2 Å². The third kappa shape index (κ3) is 4.86. The predicted molar refractivity (Wildman–Crippen MR) is 72.7 cm³/mol. The summed E-state index contributed by atoms with van der Waals surface area (Å²) >= 11 is 0. The van der Waals surface area contributed by atoms with E-state index in [0.717, 1.165) is 17.8 Å². The van der Waals surface area contributed by atoms with Crippen molar-refractivity contribution in [3.63, 3.8) is 0 Å². The molecular formula is C15H31N. The molecule has 1 aliphatic carbocycles. The van der Waals surface area contributed by atoms with Crippen molar-refractivity contribution < 1.29 is 0 Å². The molecule has 1 saturated carbocycles. The quantitative estimate of drug-likeness (QED) is 0.684. The molecular weight excluding hydrogens is 194 g/mol. The summed E-state index contributed by atoms with van der Waals surface area (Å²) in [7, 11) is 0. The van der Waals surface area contributed by atoms with Crippen LogP contribution in [-0.4, -0.2) is 12.6 Å². The zero-order chi connectivity index (χ0) is 12.0. The van der Waals surface area contributed by atoms with Crippen molar-refractivity contribution in [3.8, 4) is 0 Å². The Bertz CT molecular complexity index is 170. The molecule has 0 heterocycles. The first kappa shape index (κ1) is 14.0. The Balaban J connectivity index is 2.40. The van der Waals surface area contributed by atoms with Crippen molar-refractivity contribution in [2.24, 2.45) is 17.8 Å². The van der Waals surface area contributed by atoms with Gasteiger partial charge in [0.05, 0.1) is 0 Å². The molecule has 0 aliphatic heterocycles. The standard InChI is InChI=1S/C15H31N/c1-5-13(4)10-15(11-16-12(2)3)14-8-6-7-9-14/h12-16H,5-11H2,1-4H3. The summed E-state index contributed by atoms with van der Waals surface area (Å²) in [6.45, 7) is 10.5. The number of nitrogens with one attached hydrogen (secondary N) is 1. The maximum Gasteiger partial charge on any atom is 0.00104 e. The Labute approximate surface area is 102 Å². The van der Waals surface area contributed by atoms with E-state index < -0.39 is 0 Å². The highest BCUT2D eigenvalue weighted by atomic mass is 14.9. The molecule has 0 radical (unpaired) electrons. The van der Waals surface area contributed by atoms with Crippen molar-refractivity contribution in [1.82, 2.24) is 5.32 Å². The van der Waals surface area contributed by atoms with Gasteiger partial charge in [-0.15, -0.1) is 0 Å². The molecule has 2 unspecified atom stereocenters. The molecule has 1 nitrogen and oxygen atoms in total. The summed E-state index contributed by atoms with van der Waals surface area (Å²) < 4.78 is 0. The van der Waals surface area contributed by atoms with E-state index in [4.69, 9.17) is 0 Å². The van der Waals surface area contributed by atoms with Crippen LogP contribution in [0.25, 0.3) is 0 Å². The molecule has 96 valence electrons. The summed E-state index contributed by atoms with van der Waals surface area (Å²) in [6.07, 6.45) is 8.69. The minimum Gasteiger partial charge on any atom is -0.314 e. The lowest BCUT2D eigenvalue weighted by Gasteiger charge is -2.27. The summed E-state index contributed by atoms with van der Waals surface area (Å²) in [5, 5.41) is 3.65. The Hall–Kier alpha value is -0.0400. The van der Waals surface area contributed by atoms with Crippen LogP contribution < -0.4 is 5.32 Å².